The summed E-state index contributed by atoms with van der Waals surface area (Å²) < 4.78 is 5.54. The van der Waals surface area contributed by atoms with Gasteiger partial charge in [0.2, 0.25) is 0 Å². The van der Waals surface area contributed by atoms with Crippen LogP contribution in [0.1, 0.15) is 19.3 Å². The highest BCUT2D eigenvalue weighted by atomic mass is 16.5. The topological polar surface area (TPSA) is 47.6 Å². The minimum atomic E-state index is 0.363. The van der Waals surface area contributed by atoms with Crippen molar-refractivity contribution in [3.8, 4) is 0 Å². The molecule has 0 radical (unpaired) electrons. The fourth-order valence-electron chi connectivity index (χ4n) is 1.61. The van der Waals surface area contributed by atoms with Crippen LogP contribution in [0.25, 0.3) is 0 Å². The van der Waals surface area contributed by atoms with E-state index in [1.807, 2.05) is 0 Å². The molecular formula is C8H14N2O. The zero-order chi connectivity index (χ0) is 7.68. The van der Waals surface area contributed by atoms with Crippen molar-refractivity contribution < 1.29 is 4.74 Å². The first kappa shape index (κ1) is 7.10. The molecular weight excluding hydrogens is 140 g/mol. The van der Waals surface area contributed by atoms with E-state index in [0.717, 1.165) is 18.4 Å². The van der Waals surface area contributed by atoms with Gasteiger partial charge in [0.25, 0.3) is 0 Å². The lowest BCUT2D eigenvalue weighted by molar-refractivity contribution is 0.0968. The van der Waals surface area contributed by atoms with Gasteiger partial charge in [0, 0.05) is 0 Å². The van der Waals surface area contributed by atoms with Gasteiger partial charge in [-0.1, -0.05) is 6.42 Å². The minimum absolute atomic E-state index is 0.363. The molecule has 1 fully saturated rings. The summed E-state index contributed by atoms with van der Waals surface area (Å²) in [5.41, 5.74) is 5.40. The van der Waals surface area contributed by atoms with Gasteiger partial charge in [-0.05, 0) is 18.8 Å². The van der Waals surface area contributed by atoms with Crippen LogP contribution in [0.3, 0.4) is 0 Å². The van der Waals surface area contributed by atoms with E-state index in [1.165, 1.54) is 19.3 Å². The van der Waals surface area contributed by atoms with Crippen molar-refractivity contribution in [2.75, 3.05) is 13.1 Å². The van der Waals surface area contributed by atoms with Crippen LogP contribution >= 0.6 is 0 Å². The smallest absolute Gasteiger partial charge is 0.197 e. The van der Waals surface area contributed by atoms with Crippen molar-refractivity contribution in [2.45, 2.75) is 25.4 Å². The molecule has 1 saturated carbocycles. The fraction of sp³-hybridized carbons (Fsp3) is 0.875. The molecule has 1 aliphatic heterocycles. The van der Waals surface area contributed by atoms with Crippen LogP contribution in [-0.4, -0.2) is 25.1 Å². The lowest BCUT2D eigenvalue weighted by Crippen LogP contribution is -2.30. The van der Waals surface area contributed by atoms with Gasteiger partial charge in [0.05, 0.1) is 13.1 Å². The minimum Gasteiger partial charge on any atom is -0.474 e. The molecule has 11 heavy (non-hydrogen) atoms. The molecule has 1 aliphatic carbocycles. The van der Waals surface area contributed by atoms with Crippen LogP contribution in [-0.2, 0) is 4.74 Å². The highest BCUT2D eigenvalue weighted by Crippen LogP contribution is 2.32. The van der Waals surface area contributed by atoms with Crippen molar-refractivity contribution in [1.29, 1.82) is 0 Å². The van der Waals surface area contributed by atoms with E-state index in [1.54, 1.807) is 0 Å². The summed E-state index contributed by atoms with van der Waals surface area (Å²) in [6.45, 7) is 1.31. The van der Waals surface area contributed by atoms with E-state index < -0.39 is 0 Å². The van der Waals surface area contributed by atoms with Gasteiger partial charge >= 0.3 is 0 Å². The molecule has 0 aromatic rings. The van der Waals surface area contributed by atoms with Crippen LogP contribution in [0.15, 0.2) is 4.99 Å². The predicted molar refractivity (Wildman–Crippen MR) is 43.6 cm³/mol. The third-order valence-electron chi connectivity index (χ3n) is 2.59. The third-order valence-corrected chi connectivity index (χ3v) is 2.59. The van der Waals surface area contributed by atoms with E-state index in [9.17, 15) is 0 Å². The number of ether oxygens (including phenoxy) is 1. The second kappa shape index (κ2) is 2.81. The molecule has 0 spiro atoms. The quantitative estimate of drug-likeness (QED) is 0.631. The SMILES string of the molecule is NCC1=NCC(C2CCC2)O1. The summed E-state index contributed by atoms with van der Waals surface area (Å²) in [4.78, 5) is 4.21. The maximum Gasteiger partial charge on any atom is 0.197 e. The molecule has 2 aliphatic rings. The number of aliphatic imine (C=N–C) groups is 1. The molecule has 0 bridgehead atoms. The first-order valence-corrected chi connectivity index (χ1v) is 4.30. The lowest BCUT2D eigenvalue weighted by atomic mass is 9.81. The van der Waals surface area contributed by atoms with Crippen LogP contribution in [0.4, 0.5) is 0 Å². The van der Waals surface area contributed by atoms with Crippen LogP contribution in [0.5, 0.6) is 0 Å². The van der Waals surface area contributed by atoms with Gasteiger partial charge in [-0.2, -0.15) is 0 Å². The molecule has 0 saturated heterocycles. The number of hydrogen-bond donors (Lipinski definition) is 1. The Bertz CT molecular complexity index is 175. The van der Waals surface area contributed by atoms with Crippen LogP contribution in [0.2, 0.25) is 0 Å². The highest BCUT2D eigenvalue weighted by Gasteiger charge is 2.31. The summed E-state index contributed by atoms with van der Waals surface area (Å²) in [5, 5.41) is 0. The largest absolute Gasteiger partial charge is 0.474 e. The molecule has 1 heterocycles. The van der Waals surface area contributed by atoms with Gasteiger partial charge in [0.1, 0.15) is 6.10 Å². The van der Waals surface area contributed by atoms with Crippen molar-refractivity contribution in [3.05, 3.63) is 0 Å². The van der Waals surface area contributed by atoms with E-state index in [2.05, 4.69) is 4.99 Å². The molecule has 1 unspecified atom stereocenters. The molecule has 2 N–H and O–H groups in total. The fourth-order valence-corrected chi connectivity index (χ4v) is 1.61. The Kier molecular flexibility index (Phi) is 1.82. The Morgan fingerprint density at radius 1 is 1.55 bits per heavy atom. The van der Waals surface area contributed by atoms with Crippen molar-refractivity contribution >= 4 is 5.90 Å². The zero-order valence-corrected chi connectivity index (χ0v) is 6.62. The second-order valence-corrected chi connectivity index (χ2v) is 3.29. The van der Waals surface area contributed by atoms with Gasteiger partial charge in [-0.15, -0.1) is 0 Å². The van der Waals surface area contributed by atoms with Gasteiger partial charge in [-0.25, -0.2) is 0 Å². The summed E-state index contributed by atoms with van der Waals surface area (Å²) in [5.74, 6) is 1.52. The average Bonchev–Trinajstić information content (AvgIpc) is 2.32. The molecule has 3 heteroatoms. The van der Waals surface area contributed by atoms with Crippen LogP contribution < -0.4 is 5.73 Å². The first-order chi connectivity index (χ1) is 5.40. The molecule has 2 rings (SSSR count). The maximum absolute atomic E-state index is 5.54. The summed E-state index contributed by atoms with van der Waals surface area (Å²) in [6, 6.07) is 0. The van der Waals surface area contributed by atoms with Gasteiger partial charge in [0.15, 0.2) is 5.90 Å². The standard InChI is InChI=1S/C8H14N2O/c9-4-8-10-5-7(11-8)6-2-1-3-6/h6-7H,1-5,9H2. The number of hydrogen-bond acceptors (Lipinski definition) is 3. The lowest BCUT2D eigenvalue weighted by Gasteiger charge is -2.29. The van der Waals surface area contributed by atoms with Crippen molar-refractivity contribution in [1.82, 2.24) is 0 Å². The van der Waals surface area contributed by atoms with E-state index in [4.69, 9.17) is 10.5 Å². The summed E-state index contributed by atoms with van der Waals surface area (Å²) in [6.07, 6.45) is 4.36. The van der Waals surface area contributed by atoms with Crippen molar-refractivity contribution in [2.24, 2.45) is 16.6 Å². The van der Waals surface area contributed by atoms with Crippen LogP contribution in [0, 0.1) is 5.92 Å². The van der Waals surface area contributed by atoms with Crippen molar-refractivity contribution in [3.63, 3.8) is 0 Å². The Morgan fingerprint density at radius 3 is 2.82 bits per heavy atom. The average molecular weight is 154 g/mol. The Hall–Kier alpha value is -0.570. The number of rotatable bonds is 2. The number of nitrogens with zero attached hydrogens (tertiary/aromatic N) is 1. The normalized spacial score (nSPS) is 31.0. The molecule has 3 nitrogen and oxygen atoms in total. The van der Waals surface area contributed by atoms with Gasteiger partial charge in [-0.3, -0.25) is 4.99 Å². The Labute approximate surface area is 66.6 Å². The second-order valence-electron chi connectivity index (χ2n) is 3.29. The van der Waals surface area contributed by atoms with Gasteiger partial charge < -0.3 is 10.5 Å². The molecule has 0 aromatic carbocycles. The highest BCUT2D eigenvalue weighted by molar-refractivity contribution is 5.79. The molecule has 0 amide bonds. The van der Waals surface area contributed by atoms with E-state index >= 15 is 0 Å². The molecule has 0 aromatic heterocycles. The van der Waals surface area contributed by atoms with E-state index in [0.29, 0.717) is 12.6 Å². The molecule has 1 atom stereocenters. The summed E-state index contributed by atoms with van der Waals surface area (Å²) >= 11 is 0. The number of nitrogens with two attached hydrogens (primary N) is 1. The summed E-state index contributed by atoms with van der Waals surface area (Å²) in [7, 11) is 0. The zero-order valence-electron chi connectivity index (χ0n) is 6.62. The third kappa shape index (κ3) is 1.25. The Balaban J connectivity index is 1.83. The predicted octanol–water partition coefficient (Wildman–Crippen LogP) is 0.542. The van der Waals surface area contributed by atoms with E-state index in [-0.39, 0.29) is 0 Å². The maximum atomic E-state index is 5.54. The first-order valence-electron chi connectivity index (χ1n) is 4.30. The monoisotopic (exact) mass is 154 g/mol. The molecule has 62 valence electrons. The Morgan fingerprint density at radius 2 is 2.36 bits per heavy atom.